The van der Waals surface area contributed by atoms with Gasteiger partial charge in [0.2, 0.25) is 0 Å². The van der Waals surface area contributed by atoms with Crippen LogP contribution >= 0.6 is 0 Å². The molecule has 0 heterocycles. The summed E-state index contributed by atoms with van der Waals surface area (Å²) >= 11 is 0. The lowest BCUT2D eigenvalue weighted by Crippen LogP contribution is -1.89. The zero-order chi connectivity index (χ0) is 12.1. The van der Waals surface area contributed by atoms with Gasteiger partial charge in [-0.05, 0) is 41.8 Å². The van der Waals surface area contributed by atoms with Crippen molar-refractivity contribution in [2.24, 2.45) is 0 Å². The van der Waals surface area contributed by atoms with Gasteiger partial charge in [0.1, 0.15) is 5.75 Å². The molecule has 0 aliphatic rings. The lowest BCUT2D eigenvalue weighted by atomic mass is 10.0. The van der Waals surface area contributed by atoms with Crippen LogP contribution < -0.4 is 4.74 Å². The number of nitrogens with zero attached hydrogens (tertiary/aromatic N) is 1. The Bertz CT molecular complexity index is 538. The molecule has 0 amide bonds. The summed E-state index contributed by atoms with van der Waals surface area (Å²) in [6, 6.07) is 17.8. The van der Waals surface area contributed by atoms with E-state index in [2.05, 4.69) is 6.07 Å². The Morgan fingerprint density at radius 1 is 1.06 bits per heavy atom. The molecule has 0 radical (unpaired) electrons. The fraction of sp³-hybridized carbons (Fsp3) is 0.133. The topological polar surface area (TPSA) is 33.0 Å². The maximum atomic E-state index is 8.83. The quantitative estimate of drug-likeness (QED) is 0.800. The van der Waals surface area contributed by atoms with E-state index in [1.807, 2.05) is 48.5 Å². The Morgan fingerprint density at radius 2 is 1.82 bits per heavy atom. The van der Waals surface area contributed by atoms with Crippen molar-refractivity contribution < 1.29 is 4.74 Å². The molecule has 0 saturated heterocycles. The molecule has 0 aromatic heterocycles. The average Bonchev–Trinajstić information content (AvgIpc) is 2.40. The van der Waals surface area contributed by atoms with Crippen LogP contribution in [0.15, 0.2) is 48.5 Å². The second-order valence-corrected chi connectivity index (χ2v) is 3.84. The average molecular weight is 223 g/mol. The van der Waals surface area contributed by atoms with E-state index in [4.69, 9.17) is 10.00 Å². The number of benzene rings is 2. The standard InChI is InChI=1S/C15H13NO/c1-17-15-7-5-12(6-8-15)9-13-3-2-4-14(10-13)11-16/h2-8,10H,9H2,1H3. The number of hydrogen-bond donors (Lipinski definition) is 0. The smallest absolute Gasteiger partial charge is 0.118 e. The van der Waals surface area contributed by atoms with E-state index in [9.17, 15) is 0 Å². The number of rotatable bonds is 3. The van der Waals surface area contributed by atoms with Crippen molar-refractivity contribution in [2.75, 3.05) is 7.11 Å². The molecule has 2 aromatic rings. The lowest BCUT2D eigenvalue weighted by molar-refractivity contribution is 0.414. The van der Waals surface area contributed by atoms with Gasteiger partial charge in [-0.25, -0.2) is 0 Å². The molecule has 0 aliphatic carbocycles. The first-order valence-electron chi connectivity index (χ1n) is 5.44. The Labute approximate surface area is 101 Å². The Balaban J connectivity index is 2.16. The van der Waals surface area contributed by atoms with Crippen molar-refractivity contribution in [3.63, 3.8) is 0 Å². The molecule has 2 aromatic carbocycles. The van der Waals surface area contributed by atoms with Gasteiger partial charge in [-0.15, -0.1) is 0 Å². The van der Waals surface area contributed by atoms with Gasteiger partial charge in [0, 0.05) is 0 Å². The van der Waals surface area contributed by atoms with Crippen molar-refractivity contribution in [1.82, 2.24) is 0 Å². The molecule has 2 nitrogen and oxygen atoms in total. The van der Waals surface area contributed by atoms with Crippen LogP contribution in [0.25, 0.3) is 0 Å². The highest BCUT2D eigenvalue weighted by atomic mass is 16.5. The maximum Gasteiger partial charge on any atom is 0.118 e. The first-order valence-corrected chi connectivity index (χ1v) is 5.44. The van der Waals surface area contributed by atoms with E-state index in [0.717, 1.165) is 17.7 Å². The van der Waals surface area contributed by atoms with Crippen molar-refractivity contribution >= 4 is 0 Å². The minimum absolute atomic E-state index is 0.705. The predicted molar refractivity (Wildman–Crippen MR) is 67.0 cm³/mol. The monoisotopic (exact) mass is 223 g/mol. The summed E-state index contributed by atoms with van der Waals surface area (Å²) in [6.07, 6.45) is 0.833. The summed E-state index contributed by atoms with van der Waals surface area (Å²) in [4.78, 5) is 0. The van der Waals surface area contributed by atoms with Gasteiger partial charge < -0.3 is 4.74 Å². The molecule has 84 valence electrons. The van der Waals surface area contributed by atoms with Crippen LogP contribution in [0, 0.1) is 11.3 Å². The van der Waals surface area contributed by atoms with E-state index in [-0.39, 0.29) is 0 Å². The predicted octanol–water partition coefficient (Wildman–Crippen LogP) is 3.16. The van der Waals surface area contributed by atoms with Crippen molar-refractivity contribution in [2.45, 2.75) is 6.42 Å². The molecule has 2 rings (SSSR count). The van der Waals surface area contributed by atoms with Gasteiger partial charge in [-0.3, -0.25) is 0 Å². The first kappa shape index (κ1) is 11.2. The lowest BCUT2D eigenvalue weighted by Gasteiger charge is -2.04. The summed E-state index contributed by atoms with van der Waals surface area (Å²) in [5.74, 6) is 0.861. The zero-order valence-electron chi connectivity index (χ0n) is 9.68. The highest BCUT2D eigenvalue weighted by molar-refractivity contribution is 5.36. The molecule has 0 aliphatic heterocycles. The Hall–Kier alpha value is -2.27. The third kappa shape index (κ3) is 2.85. The van der Waals surface area contributed by atoms with Crippen LogP contribution in [0.4, 0.5) is 0 Å². The summed E-state index contributed by atoms with van der Waals surface area (Å²) in [6.45, 7) is 0. The molecular formula is C15H13NO. The molecular weight excluding hydrogens is 210 g/mol. The third-order valence-electron chi connectivity index (χ3n) is 2.62. The number of nitriles is 1. The van der Waals surface area contributed by atoms with Crippen molar-refractivity contribution in [1.29, 1.82) is 5.26 Å². The van der Waals surface area contributed by atoms with Gasteiger partial charge in [0.05, 0.1) is 18.7 Å². The van der Waals surface area contributed by atoms with Crippen molar-refractivity contribution in [3.8, 4) is 11.8 Å². The molecule has 0 unspecified atom stereocenters. The Morgan fingerprint density at radius 3 is 2.47 bits per heavy atom. The second kappa shape index (κ2) is 5.18. The molecule has 0 atom stereocenters. The Kier molecular flexibility index (Phi) is 3.42. The van der Waals surface area contributed by atoms with Gasteiger partial charge in [0.15, 0.2) is 0 Å². The largest absolute Gasteiger partial charge is 0.497 e. The zero-order valence-corrected chi connectivity index (χ0v) is 9.68. The van der Waals surface area contributed by atoms with Crippen LogP contribution in [0.5, 0.6) is 5.75 Å². The minimum Gasteiger partial charge on any atom is -0.497 e. The molecule has 2 heteroatoms. The summed E-state index contributed by atoms with van der Waals surface area (Å²) in [5.41, 5.74) is 3.06. The van der Waals surface area contributed by atoms with Crippen molar-refractivity contribution in [3.05, 3.63) is 65.2 Å². The first-order chi connectivity index (χ1) is 8.31. The van der Waals surface area contributed by atoms with Gasteiger partial charge in [-0.1, -0.05) is 24.3 Å². The molecule has 17 heavy (non-hydrogen) atoms. The maximum absolute atomic E-state index is 8.83. The summed E-state index contributed by atoms with van der Waals surface area (Å²) < 4.78 is 5.11. The SMILES string of the molecule is COc1ccc(Cc2cccc(C#N)c2)cc1. The van der Waals surface area contributed by atoms with Crippen LogP contribution in [0.3, 0.4) is 0 Å². The molecule has 0 spiro atoms. The van der Waals surface area contributed by atoms with E-state index in [1.165, 1.54) is 5.56 Å². The van der Waals surface area contributed by atoms with Gasteiger partial charge in [-0.2, -0.15) is 5.26 Å². The minimum atomic E-state index is 0.705. The van der Waals surface area contributed by atoms with E-state index in [1.54, 1.807) is 7.11 Å². The van der Waals surface area contributed by atoms with Gasteiger partial charge >= 0.3 is 0 Å². The third-order valence-corrected chi connectivity index (χ3v) is 2.62. The van der Waals surface area contributed by atoms with E-state index in [0.29, 0.717) is 5.56 Å². The van der Waals surface area contributed by atoms with Crippen LogP contribution in [0.1, 0.15) is 16.7 Å². The van der Waals surface area contributed by atoms with Crippen LogP contribution in [-0.2, 0) is 6.42 Å². The number of hydrogen-bond acceptors (Lipinski definition) is 2. The van der Waals surface area contributed by atoms with Crippen LogP contribution in [-0.4, -0.2) is 7.11 Å². The summed E-state index contributed by atoms with van der Waals surface area (Å²) in [5, 5.41) is 8.83. The number of methoxy groups -OCH3 is 1. The van der Waals surface area contributed by atoms with E-state index >= 15 is 0 Å². The second-order valence-electron chi connectivity index (χ2n) is 3.84. The van der Waals surface area contributed by atoms with Crippen LogP contribution in [0.2, 0.25) is 0 Å². The molecule has 0 saturated carbocycles. The molecule has 0 fully saturated rings. The van der Waals surface area contributed by atoms with Gasteiger partial charge in [0.25, 0.3) is 0 Å². The molecule has 0 bridgehead atoms. The van der Waals surface area contributed by atoms with E-state index < -0.39 is 0 Å². The molecule has 0 N–H and O–H groups in total. The highest BCUT2D eigenvalue weighted by Crippen LogP contribution is 2.15. The fourth-order valence-corrected chi connectivity index (χ4v) is 1.73. The summed E-state index contributed by atoms with van der Waals surface area (Å²) in [7, 11) is 1.66. The fourth-order valence-electron chi connectivity index (χ4n) is 1.73. The normalized spacial score (nSPS) is 9.65. The number of ether oxygens (including phenoxy) is 1. The highest BCUT2D eigenvalue weighted by Gasteiger charge is 1.98.